The molecule has 1 aliphatic heterocycles. The molecule has 2 amide bonds. The number of carbonyl (C=O) groups is 2. The van der Waals surface area contributed by atoms with Crippen molar-refractivity contribution in [3.8, 4) is 0 Å². The summed E-state index contributed by atoms with van der Waals surface area (Å²) in [5, 5.41) is 5.49. The van der Waals surface area contributed by atoms with Gasteiger partial charge in [0.2, 0.25) is 10.0 Å². The maximum Gasteiger partial charge on any atom is 0.309 e. The van der Waals surface area contributed by atoms with Crippen molar-refractivity contribution in [2.24, 2.45) is 0 Å². The van der Waals surface area contributed by atoms with Crippen LogP contribution in [0.25, 0.3) is 0 Å². The lowest BCUT2D eigenvalue weighted by molar-refractivity contribution is -0.139. The molecule has 160 valence electrons. The van der Waals surface area contributed by atoms with Crippen LogP contribution >= 0.6 is 27.5 Å². The third-order valence-electron chi connectivity index (χ3n) is 4.37. The molecule has 0 bridgehead atoms. The summed E-state index contributed by atoms with van der Waals surface area (Å²) in [5.74, 6) is -1.70. The third kappa shape index (κ3) is 5.58. The number of amides is 2. The molecule has 0 aromatic heterocycles. The number of nitrogens with one attached hydrogen (secondary N) is 2. The Labute approximate surface area is 187 Å². The Morgan fingerprint density at radius 1 is 1.07 bits per heavy atom. The number of hydrogen-bond donors (Lipinski definition) is 2. The van der Waals surface area contributed by atoms with E-state index in [1.807, 2.05) is 0 Å². The van der Waals surface area contributed by atoms with Crippen LogP contribution in [0, 0.1) is 0 Å². The normalized spacial score (nSPS) is 16.9. The minimum absolute atomic E-state index is 0.119. The Bertz CT molecular complexity index is 1020. The number of hydrogen-bond acceptors (Lipinski definition) is 5. The van der Waals surface area contributed by atoms with Crippen LogP contribution in [0.5, 0.6) is 0 Å². The molecule has 1 saturated heterocycles. The molecule has 3 rings (SSSR count). The summed E-state index contributed by atoms with van der Waals surface area (Å²) in [5.41, 5.74) is 0.784. The lowest BCUT2D eigenvalue weighted by Crippen LogP contribution is -2.47. The number of carbonyl (C=O) groups excluding carboxylic acids is 2. The van der Waals surface area contributed by atoms with Crippen LogP contribution in [0.4, 0.5) is 0 Å². The van der Waals surface area contributed by atoms with Crippen LogP contribution in [0.15, 0.2) is 57.9 Å². The molecule has 1 heterocycles. The monoisotopic (exact) mass is 515 g/mol. The van der Waals surface area contributed by atoms with E-state index in [9.17, 15) is 18.0 Å². The van der Waals surface area contributed by atoms with Gasteiger partial charge in [0.1, 0.15) is 6.23 Å². The first-order chi connectivity index (χ1) is 14.3. The van der Waals surface area contributed by atoms with Crippen LogP contribution in [0.1, 0.15) is 5.56 Å². The fraction of sp³-hybridized carbons (Fsp3) is 0.263. The predicted octanol–water partition coefficient (Wildman–Crippen LogP) is 1.88. The van der Waals surface area contributed by atoms with Gasteiger partial charge in [0, 0.05) is 22.6 Å². The van der Waals surface area contributed by atoms with E-state index >= 15 is 0 Å². The number of sulfonamides is 1. The molecule has 1 unspecified atom stereocenters. The summed E-state index contributed by atoms with van der Waals surface area (Å²) < 4.78 is 33.1. The van der Waals surface area contributed by atoms with Crippen LogP contribution in [-0.2, 0) is 30.9 Å². The summed E-state index contributed by atoms with van der Waals surface area (Å²) in [4.78, 5) is 24.2. The van der Waals surface area contributed by atoms with E-state index in [1.54, 1.807) is 36.4 Å². The van der Waals surface area contributed by atoms with Crippen molar-refractivity contribution in [3.05, 3.63) is 63.6 Å². The van der Waals surface area contributed by atoms with Crippen LogP contribution < -0.4 is 10.6 Å². The molecule has 1 fully saturated rings. The van der Waals surface area contributed by atoms with Gasteiger partial charge in [0.25, 0.3) is 0 Å². The van der Waals surface area contributed by atoms with Gasteiger partial charge in [-0.2, -0.15) is 4.31 Å². The van der Waals surface area contributed by atoms with Gasteiger partial charge >= 0.3 is 11.8 Å². The molecule has 8 nitrogen and oxygen atoms in total. The number of ether oxygens (including phenoxy) is 1. The number of halogens is 2. The van der Waals surface area contributed by atoms with Gasteiger partial charge in [-0.1, -0.05) is 39.7 Å². The Kier molecular flexibility index (Phi) is 7.48. The average molecular weight is 517 g/mol. The lowest BCUT2D eigenvalue weighted by Gasteiger charge is -2.22. The quantitative estimate of drug-likeness (QED) is 0.571. The van der Waals surface area contributed by atoms with Crippen molar-refractivity contribution in [2.45, 2.75) is 17.7 Å². The second-order valence-corrected chi connectivity index (χ2v) is 9.66. The van der Waals surface area contributed by atoms with Crippen LogP contribution in [0.3, 0.4) is 0 Å². The second kappa shape index (κ2) is 9.88. The molecule has 30 heavy (non-hydrogen) atoms. The minimum Gasteiger partial charge on any atom is -0.359 e. The molecule has 2 aromatic carbocycles. The minimum atomic E-state index is -3.80. The smallest absolute Gasteiger partial charge is 0.309 e. The third-order valence-corrected chi connectivity index (χ3v) is 7.06. The maximum absolute atomic E-state index is 12.8. The zero-order chi connectivity index (χ0) is 21.7. The van der Waals surface area contributed by atoms with Crippen molar-refractivity contribution in [2.75, 3.05) is 19.7 Å². The molecule has 1 atom stereocenters. The van der Waals surface area contributed by atoms with E-state index in [4.69, 9.17) is 16.3 Å². The standard InChI is InChI=1S/C19H19BrClN3O5S/c20-14-3-7-16(8-4-14)30(27,28)24-9-10-29-17(24)12-23-19(26)18(25)22-11-13-1-5-15(21)6-2-13/h1-8,17H,9-12H2,(H,22,25)(H,23,26). The number of benzene rings is 2. The molecular formula is C19H19BrClN3O5S. The van der Waals surface area contributed by atoms with E-state index in [-0.39, 0.29) is 31.1 Å². The van der Waals surface area contributed by atoms with Gasteiger partial charge < -0.3 is 15.4 Å². The Hall–Kier alpha value is -1.98. The maximum atomic E-state index is 12.8. The van der Waals surface area contributed by atoms with Crippen molar-refractivity contribution >= 4 is 49.4 Å². The second-order valence-electron chi connectivity index (χ2n) is 6.41. The van der Waals surface area contributed by atoms with Crippen molar-refractivity contribution in [1.82, 2.24) is 14.9 Å². The van der Waals surface area contributed by atoms with Gasteiger partial charge in [-0.25, -0.2) is 8.42 Å². The van der Waals surface area contributed by atoms with E-state index < -0.39 is 28.1 Å². The van der Waals surface area contributed by atoms with Gasteiger partial charge in [0.05, 0.1) is 18.0 Å². The van der Waals surface area contributed by atoms with Crippen molar-refractivity contribution in [3.63, 3.8) is 0 Å². The number of nitrogens with zero attached hydrogens (tertiary/aromatic N) is 1. The molecule has 1 aliphatic rings. The van der Waals surface area contributed by atoms with E-state index in [0.717, 1.165) is 10.0 Å². The first-order valence-corrected chi connectivity index (χ1v) is 11.6. The number of rotatable bonds is 6. The summed E-state index contributed by atoms with van der Waals surface area (Å²) >= 11 is 9.07. The Balaban J connectivity index is 1.54. The van der Waals surface area contributed by atoms with Gasteiger partial charge in [-0.05, 0) is 42.0 Å². The molecule has 0 saturated carbocycles. The summed E-state index contributed by atoms with van der Waals surface area (Å²) in [6.07, 6.45) is -0.897. The Morgan fingerprint density at radius 3 is 2.37 bits per heavy atom. The van der Waals surface area contributed by atoms with E-state index in [1.165, 1.54) is 16.4 Å². The Morgan fingerprint density at radius 2 is 1.70 bits per heavy atom. The zero-order valence-corrected chi connectivity index (χ0v) is 18.8. The lowest BCUT2D eigenvalue weighted by atomic mass is 10.2. The summed E-state index contributed by atoms with van der Waals surface area (Å²) in [6, 6.07) is 13.1. The van der Waals surface area contributed by atoms with Crippen LogP contribution in [0.2, 0.25) is 5.02 Å². The highest BCUT2D eigenvalue weighted by Crippen LogP contribution is 2.23. The highest BCUT2D eigenvalue weighted by molar-refractivity contribution is 9.10. The molecule has 0 aliphatic carbocycles. The summed E-state index contributed by atoms with van der Waals surface area (Å²) in [7, 11) is -3.80. The highest BCUT2D eigenvalue weighted by Gasteiger charge is 2.36. The highest BCUT2D eigenvalue weighted by atomic mass is 79.9. The predicted molar refractivity (Wildman–Crippen MR) is 114 cm³/mol. The molecule has 0 radical (unpaired) electrons. The SMILES string of the molecule is O=C(NCc1ccc(Cl)cc1)C(=O)NCC1OCCN1S(=O)(=O)c1ccc(Br)cc1. The van der Waals surface area contributed by atoms with E-state index in [2.05, 4.69) is 26.6 Å². The van der Waals surface area contributed by atoms with Crippen molar-refractivity contribution < 1.29 is 22.7 Å². The van der Waals surface area contributed by atoms with Gasteiger partial charge in [-0.15, -0.1) is 0 Å². The average Bonchev–Trinajstić information content (AvgIpc) is 3.21. The fourth-order valence-corrected chi connectivity index (χ4v) is 4.71. The topological polar surface area (TPSA) is 105 Å². The van der Waals surface area contributed by atoms with Gasteiger partial charge in [0.15, 0.2) is 0 Å². The zero-order valence-electron chi connectivity index (χ0n) is 15.7. The van der Waals surface area contributed by atoms with Crippen molar-refractivity contribution in [1.29, 1.82) is 0 Å². The molecule has 11 heteroatoms. The molecule has 2 N–H and O–H groups in total. The molecule has 0 spiro atoms. The molecular weight excluding hydrogens is 498 g/mol. The summed E-state index contributed by atoms with van der Waals surface area (Å²) in [6.45, 7) is 0.358. The largest absolute Gasteiger partial charge is 0.359 e. The molecule has 2 aromatic rings. The van der Waals surface area contributed by atoms with Gasteiger partial charge in [-0.3, -0.25) is 9.59 Å². The first kappa shape index (κ1) is 22.7. The van der Waals surface area contributed by atoms with E-state index in [0.29, 0.717) is 5.02 Å². The fourth-order valence-electron chi connectivity index (χ4n) is 2.81. The first-order valence-electron chi connectivity index (χ1n) is 8.97. The van der Waals surface area contributed by atoms with Crippen LogP contribution in [-0.4, -0.2) is 50.5 Å².